The summed E-state index contributed by atoms with van der Waals surface area (Å²) in [5.74, 6) is -0.490. The maximum atomic E-state index is 11.6. The molecule has 0 spiro atoms. The second kappa shape index (κ2) is 5.65. The van der Waals surface area contributed by atoms with Crippen molar-refractivity contribution in [3.05, 3.63) is 64.1 Å². The van der Waals surface area contributed by atoms with Crippen molar-refractivity contribution in [3.63, 3.8) is 0 Å². The van der Waals surface area contributed by atoms with Gasteiger partial charge in [0.05, 0.1) is 10.2 Å². The summed E-state index contributed by atoms with van der Waals surface area (Å²) >= 11 is 3.40. The van der Waals surface area contributed by atoms with Gasteiger partial charge in [0, 0.05) is 5.39 Å². The minimum absolute atomic E-state index is 0.123. The molecule has 0 atom stereocenters. The third-order valence-electron chi connectivity index (χ3n) is 3.07. The molecule has 0 fully saturated rings. The highest BCUT2D eigenvalue weighted by Gasteiger charge is 2.10. The van der Waals surface area contributed by atoms with Crippen LogP contribution >= 0.6 is 15.9 Å². The fourth-order valence-corrected chi connectivity index (χ4v) is 2.48. The van der Waals surface area contributed by atoms with Crippen molar-refractivity contribution in [3.8, 4) is 5.75 Å². The van der Waals surface area contributed by atoms with E-state index in [4.69, 9.17) is 10.2 Å². The van der Waals surface area contributed by atoms with Gasteiger partial charge in [-0.1, -0.05) is 12.1 Å². The van der Waals surface area contributed by atoms with Gasteiger partial charge in [-0.3, -0.25) is 4.79 Å². The monoisotopic (exact) mass is 358 g/mol. The van der Waals surface area contributed by atoms with Crippen molar-refractivity contribution in [2.75, 3.05) is 0 Å². The van der Waals surface area contributed by atoms with Crippen LogP contribution in [0, 0.1) is 0 Å². The number of fused-ring (bicyclic) bond motifs is 1. The maximum absolute atomic E-state index is 11.6. The van der Waals surface area contributed by atoms with Gasteiger partial charge >= 0.3 is 0 Å². The molecule has 110 valence electrons. The minimum atomic E-state index is -0.622. The Bertz CT molecular complexity index is 930. The highest BCUT2D eigenvalue weighted by Crippen LogP contribution is 2.23. The van der Waals surface area contributed by atoms with Crippen molar-refractivity contribution in [2.24, 2.45) is 10.7 Å². The molecule has 3 aromatic rings. The Morgan fingerprint density at radius 3 is 2.59 bits per heavy atom. The van der Waals surface area contributed by atoms with Crippen molar-refractivity contribution < 1.29 is 14.3 Å². The van der Waals surface area contributed by atoms with Crippen LogP contribution in [0.15, 0.2) is 62.4 Å². The Balaban J connectivity index is 2.30. The summed E-state index contributed by atoms with van der Waals surface area (Å²) in [6, 6.07) is 13.4. The number of hydrogen-bond donors (Lipinski definition) is 2. The van der Waals surface area contributed by atoms with Gasteiger partial charge in [-0.05, 0) is 52.3 Å². The van der Waals surface area contributed by atoms with E-state index in [9.17, 15) is 9.90 Å². The van der Waals surface area contributed by atoms with E-state index in [1.165, 1.54) is 12.1 Å². The predicted molar refractivity (Wildman–Crippen MR) is 85.8 cm³/mol. The summed E-state index contributed by atoms with van der Waals surface area (Å²) in [5, 5.41) is 10.0. The first kappa shape index (κ1) is 14.3. The number of amides is 1. The number of carbonyl (C=O) groups excluding carboxylic acids is 1. The number of nitrogens with zero attached hydrogens (tertiary/aromatic N) is 1. The van der Waals surface area contributed by atoms with Crippen LogP contribution < -0.4 is 11.3 Å². The number of rotatable bonds is 2. The standard InChI is InChI=1S/C16H11BrN2O3/c17-13-3-1-2-9-8-12(15(18)21)16(22-14(9)13)19-10-4-6-11(20)7-5-10/h1-8,20H,(H2,18,21). The van der Waals surface area contributed by atoms with Gasteiger partial charge in [0.1, 0.15) is 11.3 Å². The van der Waals surface area contributed by atoms with E-state index in [0.29, 0.717) is 11.3 Å². The molecule has 0 bridgehead atoms. The third-order valence-corrected chi connectivity index (χ3v) is 3.70. The molecule has 3 rings (SSSR count). The molecule has 1 amide bonds. The van der Waals surface area contributed by atoms with Crippen LogP contribution in [0.1, 0.15) is 10.4 Å². The maximum Gasteiger partial charge on any atom is 0.254 e. The van der Waals surface area contributed by atoms with Gasteiger partial charge in [0.2, 0.25) is 5.55 Å². The minimum Gasteiger partial charge on any atom is -0.508 e. The second-order valence-electron chi connectivity index (χ2n) is 4.62. The Morgan fingerprint density at radius 1 is 1.18 bits per heavy atom. The molecule has 3 N–H and O–H groups in total. The molecule has 1 heterocycles. The molecule has 6 heteroatoms. The van der Waals surface area contributed by atoms with E-state index >= 15 is 0 Å². The van der Waals surface area contributed by atoms with E-state index in [-0.39, 0.29) is 16.9 Å². The van der Waals surface area contributed by atoms with Gasteiger partial charge < -0.3 is 15.3 Å². The molecule has 0 aliphatic heterocycles. The number of benzene rings is 2. The first-order chi connectivity index (χ1) is 10.5. The predicted octanol–water partition coefficient (Wildman–Crippen LogP) is 3.23. The van der Waals surface area contributed by atoms with Gasteiger partial charge in [0.15, 0.2) is 5.58 Å². The average Bonchev–Trinajstić information content (AvgIpc) is 2.49. The summed E-state index contributed by atoms with van der Waals surface area (Å²) in [4.78, 5) is 15.9. The van der Waals surface area contributed by atoms with Crippen LogP contribution in [0.25, 0.3) is 11.0 Å². The molecule has 0 saturated heterocycles. The number of para-hydroxylation sites is 1. The summed E-state index contributed by atoms with van der Waals surface area (Å²) < 4.78 is 6.50. The number of phenols is 1. The number of hydrogen-bond acceptors (Lipinski definition) is 4. The summed E-state index contributed by atoms with van der Waals surface area (Å²) in [5.41, 5.74) is 6.84. The molecule has 5 nitrogen and oxygen atoms in total. The first-order valence-electron chi connectivity index (χ1n) is 6.40. The van der Waals surface area contributed by atoms with E-state index in [1.807, 2.05) is 18.2 Å². The molecule has 0 aliphatic rings. The van der Waals surface area contributed by atoms with Crippen LogP contribution in [0.4, 0.5) is 5.69 Å². The van der Waals surface area contributed by atoms with Crippen LogP contribution in [-0.2, 0) is 0 Å². The van der Waals surface area contributed by atoms with Gasteiger partial charge in [0.25, 0.3) is 5.91 Å². The van der Waals surface area contributed by atoms with E-state index < -0.39 is 5.91 Å². The lowest BCUT2D eigenvalue weighted by Gasteiger charge is -2.03. The van der Waals surface area contributed by atoms with Gasteiger partial charge in [-0.15, -0.1) is 0 Å². The Morgan fingerprint density at radius 2 is 1.91 bits per heavy atom. The molecule has 22 heavy (non-hydrogen) atoms. The van der Waals surface area contributed by atoms with Crippen LogP contribution in [0.2, 0.25) is 0 Å². The molecular formula is C16H11BrN2O3. The SMILES string of the molecule is NC(=O)c1cc2cccc(Br)c2oc1=Nc1ccc(O)cc1. The van der Waals surface area contributed by atoms with Crippen LogP contribution in [-0.4, -0.2) is 11.0 Å². The van der Waals surface area contributed by atoms with E-state index in [1.54, 1.807) is 18.2 Å². The first-order valence-corrected chi connectivity index (χ1v) is 7.20. The summed E-state index contributed by atoms with van der Waals surface area (Å²) in [6.07, 6.45) is 0. The number of primary amides is 1. The van der Waals surface area contributed by atoms with Crippen molar-refractivity contribution >= 4 is 38.5 Å². The molecule has 0 aliphatic carbocycles. The Kier molecular flexibility index (Phi) is 3.68. The molecule has 0 radical (unpaired) electrons. The van der Waals surface area contributed by atoms with Crippen molar-refractivity contribution in [2.45, 2.75) is 0 Å². The number of phenolic OH excluding ortho intramolecular Hbond substituents is 1. The lowest BCUT2D eigenvalue weighted by atomic mass is 10.2. The Labute approximate surface area is 133 Å². The Hall–Kier alpha value is -2.60. The van der Waals surface area contributed by atoms with Crippen LogP contribution in [0.5, 0.6) is 5.75 Å². The number of aromatic hydroxyl groups is 1. The zero-order valence-corrected chi connectivity index (χ0v) is 12.9. The number of halogens is 1. The fourth-order valence-electron chi connectivity index (χ4n) is 2.02. The fraction of sp³-hybridized carbons (Fsp3) is 0. The zero-order chi connectivity index (χ0) is 15.7. The lowest BCUT2D eigenvalue weighted by molar-refractivity contribution is 0.0996. The lowest BCUT2D eigenvalue weighted by Crippen LogP contribution is -2.21. The summed E-state index contributed by atoms with van der Waals surface area (Å²) in [6.45, 7) is 0. The second-order valence-corrected chi connectivity index (χ2v) is 5.47. The third kappa shape index (κ3) is 2.73. The highest BCUT2D eigenvalue weighted by molar-refractivity contribution is 9.10. The van der Waals surface area contributed by atoms with Crippen molar-refractivity contribution in [1.29, 1.82) is 0 Å². The topological polar surface area (TPSA) is 88.8 Å². The van der Waals surface area contributed by atoms with Crippen LogP contribution in [0.3, 0.4) is 0 Å². The molecular weight excluding hydrogens is 348 g/mol. The smallest absolute Gasteiger partial charge is 0.254 e. The normalized spacial score (nSPS) is 11.8. The molecule has 0 unspecified atom stereocenters. The van der Waals surface area contributed by atoms with Crippen molar-refractivity contribution in [1.82, 2.24) is 0 Å². The number of carbonyl (C=O) groups is 1. The average molecular weight is 359 g/mol. The van der Waals surface area contributed by atoms with E-state index in [2.05, 4.69) is 20.9 Å². The molecule has 1 aromatic heterocycles. The van der Waals surface area contributed by atoms with Gasteiger partial charge in [-0.2, -0.15) is 0 Å². The number of nitrogens with two attached hydrogens (primary N) is 1. The summed E-state index contributed by atoms with van der Waals surface area (Å²) in [7, 11) is 0. The molecule has 0 saturated carbocycles. The van der Waals surface area contributed by atoms with E-state index in [0.717, 1.165) is 9.86 Å². The highest BCUT2D eigenvalue weighted by atomic mass is 79.9. The quantitative estimate of drug-likeness (QED) is 0.736. The van der Waals surface area contributed by atoms with Gasteiger partial charge in [-0.25, -0.2) is 4.99 Å². The molecule has 2 aromatic carbocycles. The zero-order valence-electron chi connectivity index (χ0n) is 11.3. The largest absolute Gasteiger partial charge is 0.508 e.